The van der Waals surface area contributed by atoms with E-state index in [0.717, 1.165) is 5.56 Å². The molecule has 1 aliphatic heterocycles. The van der Waals surface area contributed by atoms with E-state index in [4.69, 9.17) is 0 Å². The average Bonchev–Trinajstić information content (AvgIpc) is 3.58. The van der Waals surface area contributed by atoms with E-state index in [1.165, 1.54) is 23.1 Å². The van der Waals surface area contributed by atoms with Gasteiger partial charge in [-0.1, -0.05) is 12.1 Å². The molecular formula is C26H25N5O6S2. The summed E-state index contributed by atoms with van der Waals surface area (Å²) in [6.07, 6.45) is 3.82. The third kappa shape index (κ3) is 5.45. The molecule has 11 nitrogen and oxygen atoms in total. The molecule has 0 aliphatic carbocycles. The van der Waals surface area contributed by atoms with Crippen molar-refractivity contribution in [3.63, 3.8) is 0 Å². The molecule has 2 aromatic carbocycles. The minimum atomic E-state index is -4.43. The van der Waals surface area contributed by atoms with Gasteiger partial charge >= 0.3 is 0 Å². The standard InChI is InChI=1S/C26H25N5O6S2/c27-16-20-3-2-12-30(20)14-10-24(29-38(33,34)25-5-1-4-23-22(25)8-11-28-23)26(32)31-13-9-18-6-7-21(39(35,36)37)15-19(18)17-31/h1-8,11-12,15,24,28-29H,9-10,13-14,17H2,(H,35,36,37). The number of H-pyrrole nitrogens is 1. The van der Waals surface area contributed by atoms with Crippen LogP contribution in [0.5, 0.6) is 0 Å². The summed E-state index contributed by atoms with van der Waals surface area (Å²) in [4.78, 5) is 18.0. The molecular weight excluding hydrogens is 542 g/mol. The van der Waals surface area contributed by atoms with Crippen molar-refractivity contribution < 1.29 is 26.2 Å². The van der Waals surface area contributed by atoms with Crippen molar-refractivity contribution in [3.8, 4) is 6.07 Å². The summed E-state index contributed by atoms with van der Waals surface area (Å²) in [7, 11) is -8.56. The van der Waals surface area contributed by atoms with Crippen LogP contribution in [0, 0.1) is 11.3 Å². The SMILES string of the molecule is N#Cc1cccn1CCC(NS(=O)(=O)c1cccc2[nH]ccc12)C(=O)N1CCc2ccc(S(=O)(=O)O)cc2C1. The Balaban J connectivity index is 1.44. The fourth-order valence-corrected chi connectivity index (χ4v) is 6.83. The number of nitriles is 1. The van der Waals surface area contributed by atoms with Crippen molar-refractivity contribution in [2.45, 2.75) is 41.8 Å². The fourth-order valence-electron chi connectivity index (χ4n) is 4.86. The van der Waals surface area contributed by atoms with Gasteiger partial charge in [-0.15, -0.1) is 0 Å². The Labute approximate surface area is 225 Å². The van der Waals surface area contributed by atoms with E-state index in [9.17, 15) is 31.4 Å². The lowest BCUT2D eigenvalue weighted by molar-refractivity contribution is -0.134. The van der Waals surface area contributed by atoms with Gasteiger partial charge in [-0.25, -0.2) is 8.42 Å². The zero-order chi connectivity index (χ0) is 27.8. The second kappa shape index (κ2) is 10.3. The predicted octanol–water partition coefficient (Wildman–Crippen LogP) is 2.41. The van der Waals surface area contributed by atoms with Crippen molar-refractivity contribution in [2.24, 2.45) is 0 Å². The number of amides is 1. The largest absolute Gasteiger partial charge is 0.361 e. The van der Waals surface area contributed by atoms with Gasteiger partial charge in [0.1, 0.15) is 17.8 Å². The Kier molecular flexibility index (Phi) is 7.04. The van der Waals surface area contributed by atoms with Gasteiger partial charge in [-0.3, -0.25) is 9.35 Å². The number of aromatic amines is 1. The zero-order valence-electron chi connectivity index (χ0n) is 20.6. The van der Waals surface area contributed by atoms with Crippen LogP contribution in [0.1, 0.15) is 23.2 Å². The number of carbonyl (C=O) groups excluding carboxylic acids is 1. The average molecular weight is 568 g/mol. The number of hydrogen-bond donors (Lipinski definition) is 3. The normalized spacial score (nSPS) is 14.6. The highest BCUT2D eigenvalue weighted by Gasteiger charge is 2.32. The molecule has 3 N–H and O–H groups in total. The van der Waals surface area contributed by atoms with E-state index in [-0.39, 0.29) is 29.3 Å². The molecule has 202 valence electrons. The highest BCUT2D eigenvalue weighted by atomic mass is 32.2. The number of hydrogen-bond acceptors (Lipinski definition) is 6. The lowest BCUT2D eigenvalue weighted by atomic mass is 9.99. The van der Waals surface area contributed by atoms with Crippen LogP contribution in [0.3, 0.4) is 0 Å². The van der Waals surface area contributed by atoms with Gasteiger partial charge in [0, 0.05) is 42.9 Å². The molecule has 4 aromatic rings. The minimum absolute atomic E-state index is 0.0273. The lowest BCUT2D eigenvalue weighted by Crippen LogP contribution is -2.50. The van der Waals surface area contributed by atoms with Crippen LogP contribution >= 0.6 is 0 Å². The van der Waals surface area contributed by atoms with Gasteiger partial charge in [-0.05, 0) is 66.4 Å². The molecule has 0 fully saturated rings. The highest BCUT2D eigenvalue weighted by molar-refractivity contribution is 7.89. The van der Waals surface area contributed by atoms with Gasteiger partial charge < -0.3 is 14.5 Å². The number of aryl methyl sites for hydroxylation is 1. The maximum Gasteiger partial charge on any atom is 0.294 e. The van der Waals surface area contributed by atoms with E-state index in [1.807, 2.05) is 0 Å². The molecule has 0 spiro atoms. The first kappa shape index (κ1) is 26.6. The zero-order valence-corrected chi connectivity index (χ0v) is 22.2. The van der Waals surface area contributed by atoms with Crippen molar-refractivity contribution in [1.29, 1.82) is 5.26 Å². The van der Waals surface area contributed by atoms with Gasteiger partial charge in [-0.2, -0.15) is 18.4 Å². The lowest BCUT2D eigenvalue weighted by Gasteiger charge is -2.32. The predicted molar refractivity (Wildman–Crippen MR) is 142 cm³/mol. The highest BCUT2D eigenvalue weighted by Crippen LogP contribution is 2.25. The first-order chi connectivity index (χ1) is 18.6. The Bertz CT molecular complexity index is 1820. The molecule has 0 radical (unpaired) electrons. The quantitative estimate of drug-likeness (QED) is 0.275. The number of fused-ring (bicyclic) bond motifs is 2. The smallest absolute Gasteiger partial charge is 0.294 e. The topological polar surface area (TPSA) is 165 Å². The number of aromatic nitrogens is 2. The number of carbonyl (C=O) groups is 1. The maximum atomic E-state index is 13.8. The van der Waals surface area contributed by atoms with E-state index in [0.29, 0.717) is 35.1 Å². The third-order valence-electron chi connectivity index (χ3n) is 6.84. The summed E-state index contributed by atoms with van der Waals surface area (Å²) in [6.45, 7) is 0.562. The summed E-state index contributed by atoms with van der Waals surface area (Å²) in [5, 5.41) is 9.84. The van der Waals surface area contributed by atoms with E-state index >= 15 is 0 Å². The third-order valence-corrected chi connectivity index (χ3v) is 9.22. The van der Waals surface area contributed by atoms with E-state index in [1.54, 1.807) is 53.4 Å². The van der Waals surface area contributed by atoms with Crippen molar-refractivity contribution in [2.75, 3.05) is 6.54 Å². The molecule has 3 heterocycles. The molecule has 5 rings (SSSR count). The van der Waals surface area contributed by atoms with Crippen molar-refractivity contribution >= 4 is 37.0 Å². The fraction of sp³-hybridized carbons (Fsp3) is 0.231. The van der Waals surface area contributed by atoms with E-state index < -0.39 is 32.1 Å². The molecule has 0 saturated heterocycles. The molecule has 1 atom stereocenters. The Morgan fingerprint density at radius 3 is 2.69 bits per heavy atom. The second-order valence-electron chi connectivity index (χ2n) is 9.27. The monoisotopic (exact) mass is 567 g/mol. The molecule has 13 heteroatoms. The van der Waals surface area contributed by atoms with Gasteiger partial charge in [0.15, 0.2) is 0 Å². The molecule has 1 amide bonds. The summed E-state index contributed by atoms with van der Waals surface area (Å²) in [6, 6.07) is 14.9. The van der Waals surface area contributed by atoms with Crippen LogP contribution in [0.15, 0.2) is 76.8 Å². The number of nitrogens with one attached hydrogen (secondary N) is 2. The van der Waals surface area contributed by atoms with Crippen LogP contribution in [-0.4, -0.2) is 54.3 Å². The molecule has 0 bridgehead atoms. The van der Waals surface area contributed by atoms with E-state index in [2.05, 4.69) is 15.8 Å². The molecule has 1 unspecified atom stereocenters. The molecule has 0 saturated carbocycles. The van der Waals surface area contributed by atoms with Gasteiger partial charge in [0.25, 0.3) is 10.1 Å². The Morgan fingerprint density at radius 2 is 1.92 bits per heavy atom. The first-order valence-electron chi connectivity index (χ1n) is 12.1. The van der Waals surface area contributed by atoms with Crippen LogP contribution in [-0.2, 0) is 44.4 Å². The van der Waals surface area contributed by atoms with Crippen molar-refractivity contribution in [1.82, 2.24) is 19.2 Å². The molecule has 39 heavy (non-hydrogen) atoms. The summed E-state index contributed by atoms with van der Waals surface area (Å²) < 4.78 is 64.0. The van der Waals surface area contributed by atoms with Crippen LogP contribution in [0.4, 0.5) is 0 Å². The molecule has 2 aromatic heterocycles. The number of rotatable bonds is 8. The number of nitrogens with zero attached hydrogens (tertiary/aromatic N) is 3. The Hall–Kier alpha value is -3.96. The summed E-state index contributed by atoms with van der Waals surface area (Å²) in [5.41, 5.74) is 2.41. The summed E-state index contributed by atoms with van der Waals surface area (Å²) in [5.74, 6) is -0.478. The Morgan fingerprint density at radius 1 is 1.10 bits per heavy atom. The van der Waals surface area contributed by atoms with Crippen molar-refractivity contribution in [3.05, 3.63) is 83.8 Å². The first-order valence-corrected chi connectivity index (χ1v) is 15.0. The molecule has 1 aliphatic rings. The summed E-state index contributed by atoms with van der Waals surface area (Å²) >= 11 is 0. The van der Waals surface area contributed by atoms with Crippen LogP contribution in [0.25, 0.3) is 10.9 Å². The van der Waals surface area contributed by atoms with Crippen LogP contribution in [0.2, 0.25) is 0 Å². The maximum absolute atomic E-state index is 13.8. The number of benzene rings is 2. The van der Waals surface area contributed by atoms with Gasteiger partial charge in [0.05, 0.1) is 9.79 Å². The minimum Gasteiger partial charge on any atom is -0.361 e. The van der Waals surface area contributed by atoms with Gasteiger partial charge in [0.2, 0.25) is 15.9 Å². The second-order valence-corrected chi connectivity index (χ2v) is 12.4. The number of sulfonamides is 1. The van der Waals surface area contributed by atoms with Crippen LogP contribution < -0.4 is 4.72 Å².